The van der Waals surface area contributed by atoms with E-state index < -0.39 is 0 Å². The Kier molecular flexibility index (Phi) is 4.48. The van der Waals surface area contributed by atoms with Gasteiger partial charge in [0.1, 0.15) is 11.4 Å². The summed E-state index contributed by atoms with van der Waals surface area (Å²) in [6.07, 6.45) is 7.94. The minimum Gasteiger partial charge on any atom is -0.504 e. The second-order valence-corrected chi connectivity index (χ2v) is 8.32. The fourth-order valence-corrected chi connectivity index (χ4v) is 5.10. The monoisotopic (exact) mass is 381 g/mol. The normalized spacial score (nSPS) is 26.3. The van der Waals surface area contributed by atoms with Crippen molar-refractivity contribution in [2.45, 2.75) is 50.9 Å². The number of fused-ring (bicyclic) bond motifs is 4. The third-order valence-electron chi connectivity index (χ3n) is 6.58. The third-order valence-corrected chi connectivity index (χ3v) is 6.58. The molecule has 0 unspecified atom stereocenters. The van der Waals surface area contributed by atoms with Crippen LogP contribution in [0.1, 0.15) is 48.7 Å². The van der Waals surface area contributed by atoms with E-state index in [1.54, 1.807) is 6.07 Å². The van der Waals surface area contributed by atoms with Crippen molar-refractivity contribution in [1.82, 2.24) is 14.9 Å². The van der Waals surface area contributed by atoms with Crippen molar-refractivity contribution in [1.29, 1.82) is 0 Å². The summed E-state index contributed by atoms with van der Waals surface area (Å²) in [7, 11) is 0. The van der Waals surface area contributed by atoms with Gasteiger partial charge in [0, 0.05) is 68.5 Å². The first-order chi connectivity index (χ1) is 13.6. The largest absolute Gasteiger partial charge is 0.504 e. The number of para-hydroxylation sites is 1. The average molecular weight is 381 g/mol. The molecule has 6 nitrogen and oxygen atoms in total. The van der Waals surface area contributed by atoms with Crippen LogP contribution in [0.2, 0.25) is 0 Å². The van der Waals surface area contributed by atoms with E-state index in [0.717, 1.165) is 68.9 Å². The maximum absolute atomic E-state index is 10.4. The number of ether oxygens (including phenoxy) is 2. The molecule has 3 aliphatic rings. The average Bonchev–Trinajstić information content (AvgIpc) is 2.73. The molecule has 2 fully saturated rings. The molecule has 1 aromatic carbocycles. The molecule has 28 heavy (non-hydrogen) atoms. The predicted octanol–water partition coefficient (Wildman–Crippen LogP) is 3.39. The van der Waals surface area contributed by atoms with Gasteiger partial charge in [0.05, 0.1) is 6.10 Å². The standard InChI is InChI=1S/C22H27N3O3/c1-15-23-12-16(13-24-15)14-25-9-7-22(8-10-25)18-5-3-11-27-20(18)17-4-2-6-19(26)21(17)28-22/h2,4,6,12-13,18,20,26H,3,5,7-11,14H2,1H3/t18-,20+/m0/s1. The molecule has 0 bridgehead atoms. The topological polar surface area (TPSA) is 67.7 Å². The van der Waals surface area contributed by atoms with Gasteiger partial charge in [-0.25, -0.2) is 9.97 Å². The summed E-state index contributed by atoms with van der Waals surface area (Å²) < 4.78 is 12.8. The molecule has 4 heterocycles. The van der Waals surface area contributed by atoms with E-state index >= 15 is 0 Å². The van der Waals surface area contributed by atoms with Crippen LogP contribution in [0.5, 0.6) is 11.5 Å². The second kappa shape index (κ2) is 7.01. The third kappa shape index (κ3) is 3.05. The molecule has 1 N–H and O–H groups in total. The number of piperidine rings is 1. The highest BCUT2D eigenvalue weighted by Gasteiger charge is 2.52. The zero-order valence-electron chi connectivity index (χ0n) is 16.3. The van der Waals surface area contributed by atoms with E-state index in [1.165, 1.54) is 0 Å². The Morgan fingerprint density at radius 3 is 2.79 bits per heavy atom. The maximum Gasteiger partial charge on any atom is 0.167 e. The highest BCUT2D eigenvalue weighted by Crippen LogP contribution is 2.55. The van der Waals surface area contributed by atoms with Gasteiger partial charge in [0.25, 0.3) is 0 Å². The van der Waals surface area contributed by atoms with E-state index in [0.29, 0.717) is 11.7 Å². The number of rotatable bonds is 2. The van der Waals surface area contributed by atoms with Crippen LogP contribution in [0.3, 0.4) is 0 Å². The van der Waals surface area contributed by atoms with Gasteiger partial charge in [-0.15, -0.1) is 0 Å². The molecule has 2 saturated heterocycles. The number of hydrogen-bond donors (Lipinski definition) is 1. The molecule has 0 saturated carbocycles. The number of nitrogens with zero attached hydrogens (tertiary/aromatic N) is 3. The Morgan fingerprint density at radius 1 is 1.21 bits per heavy atom. The van der Waals surface area contributed by atoms with Crippen LogP contribution in [0.15, 0.2) is 30.6 Å². The highest BCUT2D eigenvalue weighted by molar-refractivity contribution is 5.49. The van der Waals surface area contributed by atoms with Crippen molar-refractivity contribution in [3.05, 3.63) is 47.5 Å². The number of phenolic OH excluding ortho intramolecular Hbond substituents is 1. The zero-order valence-corrected chi connectivity index (χ0v) is 16.3. The maximum atomic E-state index is 10.4. The number of likely N-dealkylation sites (tertiary alicyclic amines) is 1. The smallest absolute Gasteiger partial charge is 0.167 e. The summed E-state index contributed by atoms with van der Waals surface area (Å²) in [4.78, 5) is 11.1. The quantitative estimate of drug-likeness (QED) is 0.860. The first kappa shape index (κ1) is 17.9. The van der Waals surface area contributed by atoms with Crippen LogP contribution in [-0.4, -0.2) is 45.3 Å². The number of hydrogen-bond acceptors (Lipinski definition) is 6. The molecule has 0 amide bonds. The Hall–Kier alpha value is -2.18. The lowest BCUT2D eigenvalue weighted by Gasteiger charge is -2.53. The first-order valence-electron chi connectivity index (χ1n) is 10.3. The molecular formula is C22H27N3O3. The summed E-state index contributed by atoms with van der Waals surface area (Å²) in [5.74, 6) is 2.01. The number of aryl methyl sites for hydroxylation is 1. The van der Waals surface area contributed by atoms with Crippen molar-refractivity contribution >= 4 is 0 Å². The molecule has 1 spiro atoms. The fraction of sp³-hybridized carbons (Fsp3) is 0.545. The van der Waals surface area contributed by atoms with Gasteiger partial charge < -0.3 is 14.6 Å². The summed E-state index contributed by atoms with van der Waals surface area (Å²) in [5, 5.41) is 10.4. The van der Waals surface area contributed by atoms with Crippen LogP contribution in [-0.2, 0) is 11.3 Å². The van der Waals surface area contributed by atoms with Gasteiger partial charge in [-0.3, -0.25) is 4.90 Å². The van der Waals surface area contributed by atoms with Crippen LogP contribution < -0.4 is 4.74 Å². The fourth-order valence-electron chi connectivity index (χ4n) is 5.10. The molecular weight excluding hydrogens is 354 g/mol. The molecule has 5 rings (SSSR count). The molecule has 0 radical (unpaired) electrons. The lowest BCUT2D eigenvalue weighted by atomic mass is 9.70. The lowest BCUT2D eigenvalue weighted by molar-refractivity contribution is -0.150. The van der Waals surface area contributed by atoms with Gasteiger partial charge in [-0.05, 0) is 25.8 Å². The molecule has 6 heteroatoms. The van der Waals surface area contributed by atoms with Gasteiger partial charge in [-0.1, -0.05) is 12.1 Å². The first-order valence-corrected chi connectivity index (χ1v) is 10.3. The molecule has 1 aromatic heterocycles. The van der Waals surface area contributed by atoms with Gasteiger partial charge in [0.2, 0.25) is 0 Å². The van der Waals surface area contributed by atoms with Crippen molar-refractivity contribution in [3.8, 4) is 11.5 Å². The van der Waals surface area contributed by atoms with Crippen LogP contribution >= 0.6 is 0 Å². The lowest BCUT2D eigenvalue weighted by Crippen LogP contribution is -2.57. The minimum atomic E-state index is -0.253. The predicted molar refractivity (Wildman–Crippen MR) is 104 cm³/mol. The summed E-state index contributed by atoms with van der Waals surface area (Å²) in [6.45, 7) is 5.47. The summed E-state index contributed by atoms with van der Waals surface area (Å²) in [5.41, 5.74) is 1.90. The van der Waals surface area contributed by atoms with Crippen molar-refractivity contribution in [2.75, 3.05) is 19.7 Å². The summed E-state index contributed by atoms with van der Waals surface area (Å²) >= 11 is 0. The Morgan fingerprint density at radius 2 is 2.00 bits per heavy atom. The van der Waals surface area contributed by atoms with Gasteiger partial charge in [-0.2, -0.15) is 0 Å². The Balaban J connectivity index is 1.36. The second-order valence-electron chi connectivity index (χ2n) is 8.32. The van der Waals surface area contributed by atoms with Crippen molar-refractivity contribution in [3.63, 3.8) is 0 Å². The van der Waals surface area contributed by atoms with Crippen LogP contribution in [0, 0.1) is 12.8 Å². The molecule has 3 aliphatic heterocycles. The number of aromatic hydroxyl groups is 1. The van der Waals surface area contributed by atoms with Crippen LogP contribution in [0.25, 0.3) is 0 Å². The number of aromatic nitrogens is 2. The zero-order chi connectivity index (χ0) is 19.1. The Labute approximate surface area is 165 Å². The summed E-state index contributed by atoms with van der Waals surface area (Å²) in [6, 6.07) is 5.64. The minimum absolute atomic E-state index is 0.0293. The van der Waals surface area contributed by atoms with E-state index in [2.05, 4.69) is 14.9 Å². The molecule has 0 aliphatic carbocycles. The van der Waals surface area contributed by atoms with E-state index in [-0.39, 0.29) is 17.5 Å². The molecule has 148 valence electrons. The highest BCUT2D eigenvalue weighted by atomic mass is 16.5. The van der Waals surface area contributed by atoms with E-state index in [9.17, 15) is 5.11 Å². The van der Waals surface area contributed by atoms with E-state index in [1.807, 2.05) is 31.5 Å². The van der Waals surface area contributed by atoms with Crippen molar-refractivity contribution < 1.29 is 14.6 Å². The molecule has 2 atom stereocenters. The van der Waals surface area contributed by atoms with Crippen molar-refractivity contribution in [2.24, 2.45) is 5.92 Å². The number of phenols is 1. The Bertz CT molecular complexity index is 847. The van der Waals surface area contributed by atoms with E-state index in [4.69, 9.17) is 9.47 Å². The molecule has 2 aromatic rings. The van der Waals surface area contributed by atoms with Gasteiger partial charge >= 0.3 is 0 Å². The van der Waals surface area contributed by atoms with Gasteiger partial charge in [0.15, 0.2) is 11.5 Å². The van der Waals surface area contributed by atoms with Crippen LogP contribution in [0.4, 0.5) is 0 Å². The SMILES string of the molecule is Cc1ncc(CN2CCC3(CC2)Oc2c(O)cccc2[C@H]2OCCC[C@@H]23)cn1. The number of benzene rings is 1.